The number of carbonyl (C=O) groups excluding carboxylic acids is 6. The quantitative estimate of drug-likeness (QED) is 0.0617. The van der Waals surface area contributed by atoms with E-state index in [-0.39, 0.29) is 126 Å². The summed E-state index contributed by atoms with van der Waals surface area (Å²) in [6.45, 7) is -0.616. The number of carboxylic acid groups (broad SMARTS) is 1. The van der Waals surface area contributed by atoms with Gasteiger partial charge in [-0.05, 0) is 157 Å². The predicted octanol–water partition coefficient (Wildman–Crippen LogP) is 13.9. The normalized spacial score (nSPS) is 11.0. The van der Waals surface area contributed by atoms with E-state index in [4.69, 9.17) is 14.9 Å². The van der Waals surface area contributed by atoms with E-state index in [2.05, 4.69) is 69.8 Å². The average Bonchev–Trinajstić information content (AvgIpc) is 0.756. The zero-order chi connectivity index (χ0) is 82.7. The van der Waals surface area contributed by atoms with Crippen molar-refractivity contribution in [1.82, 2.24) is 69.8 Å². The number of Topliss-reactive ketones (excluding diaryl/α,β-unsaturated/α-hetero) is 5. The predicted molar refractivity (Wildman–Crippen MR) is 459 cm³/mol. The van der Waals surface area contributed by atoms with Crippen LogP contribution in [0.4, 0.5) is 0 Å². The fourth-order valence-corrected chi connectivity index (χ4v) is 12.3. The van der Waals surface area contributed by atoms with Crippen LogP contribution in [0.2, 0.25) is 0 Å². The van der Waals surface area contributed by atoms with Gasteiger partial charge in [0.05, 0.1) is 108 Å². The topological polar surface area (TPSA) is 491 Å². The zero-order valence-electron chi connectivity index (χ0n) is 65.9. The van der Waals surface area contributed by atoms with Crippen LogP contribution in [-0.2, 0) is 43.7 Å². The fourth-order valence-electron chi connectivity index (χ4n) is 12.3. The minimum atomic E-state index is -1.07. The molecule has 0 unspecified atom stereocenters. The van der Waals surface area contributed by atoms with Crippen molar-refractivity contribution in [2.24, 2.45) is 0 Å². The Hall–Kier alpha value is -14.7. The number of methoxy groups -OCH3 is 1. The number of ketones is 5. The minimum absolute atomic E-state index is 0. The number of hydrogen-bond donors (Lipinski definition) is 2. The van der Waals surface area contributed by atoms with Crippen LogP contribution in [0.25, 0.3) is 136 Å². The third-order valence-electron chi connectivity index (χ3n) is 18.1. The number of aliphatic hydroxyl groups excluding tert-OH is 1. The van der Waals surface area contributed by atoms with Crippen LogP contribution in [0.3, 0.4) is 0 Å². The first-order valence-electron chi connectivity index (χ1n) is 36.4. The SMILES string of the molecule is COC(=O)c1ccc2nc3c(nc2c1)-c1ccccc1C(=O)C3=O.O=C(CO)c1ccc2nc3c(nc2c1)C(=O)C(=O)c1ccccc1-3.[N-]=C1C(=[N-])c2nc3cc(C(=O)O)ccc3nc2-c2ccccc21.[NH2-].[NH2-].[Na+].[OH-].[Rh+2].[Rh+2].c1ccc(-c2ccccn2)nc1.c1ccc(-c2ccccn2)nc1.c1ccc(-c2ccccn2)nc1.c1ccc(-c2ccccn2)nc1. The van der Waals surface area contributed by atoms with E-state index in [0.717, 1.165) is 45.6 Å². The number of aliphatic hydroxyl groups is 1. The Morgan fingerprint density at radius 3 is 0.864 bits per heavy atom. The molecular formula is C93H65N18NaO11Rh2. The average molecular weight is 1840 g/mol. The summed E-state index contributed by atoms with van der Waals surface area (Å²) < 4.78 is 4.70. The number of ether oxygens (including phenoxy) is 1. The summed E-state index contributed by atoms with van der Waals surface area (Å²) in [7, 11) is 1.30. The maximum Gasteiger partial charge on any atom is 2.00 e. The van der Waals surface area contributed by atoms with E-state index in [1.807, 2.05) is 146 Å². The number of carbonyl (C=O) groups is 7. The number of fused-ring (bicyclic) bond motifs is 12. The molecule has 11 aromatic heterocycles. The number of nitrogens with two attached hydrogens (primary N) is 2. The van der Waals surface area contributed by atoms with Crippen molar-refractivity contribution in [2.45, 2.75) is 0 Å². The zero-order valence-corrected chi connectivity index (χ0v) is 71.2. The van der Waals surface area contributed by atoms with E-state index in [0.29, 0.717) is 89.1 Å². The van der Waals surface area contributed by atoms with Crippen molar-refractivity contribution < 1.29 is 123 Å². The Bertz CT molecular complexity index is 6290. The molecule has 0 amide bonds. The van der Waals surface area contributed by atoms with Crippen molar-refractivity contribution >= 4 is 85.4 Å². The molecule has 3 aliphatic rings. The molecule has 29 nitrogen and oxygen atoms in total. The summed E-state index contributed by atoms with van der Waals surface area (Å²) in [5.74, 6) is -4.59. The van der Waals surface area contributed by atoms with Crippen molar-refractivity contribution in [3.8, 4) is 79.3 Å². The van der Waals surface area contributed by atoms with Gasteiger partial charge in [0.15, 0.2) is 5.78 Å². The van der Waals surface area contributed by atoms with Crippen LogP contribution in [0, 0.1) is 0 Å². The van der Waals surface area contributed by atoms with E-state index in [1.165, 1.54) is 31.4 Å². The monoisotopic (exact) mass is 1840 g/mol. The van der Waals surface area contributed by atoms with Crippen LogP contribution in [0.1, 0.15) is 84.0 Å². The van der Waals surface area contributed by atoms with Crippen LogP contribution in [0.5, 0.6) is 0 Å². The molecule has 0 fully saturated rings. The molecule has 0 saturated carbocycles. The van der Waals surface area contributed by atoms with Gasteiger partial charge >= 0.3 is 80.5 Å². The second-order valence-corrected chi connectivity index (χ2v) is 25.6. The molecule has 32 heteroatoms. The largest absolute Gasteiger partial charge is 2.00 e. The van der Waals surface area contributed by atoms with Gasteiger partial charge in [-0.15, -0.1) is 5.71 Å². The number of aromatic carboxylic acids is 1. The molecule has 125 heavy (non-hydrogen) atoms. The molecule has 20 rings (SSSR count). The van der Waals surface area contributed by atoms with Crippen molar-refractivity contribution in [2.75, 3.05) is 13.7 Å². The minimum Gasteiger partial charge on any atom is -0.870 e. The smallest absolute Gasteiger partial charge is 0.870 e. The van der Waals surface area contributed by atoms with E-state index >= 15 is 0 Å². The Labute approximate surface area is 760 Å². The Morgan fingerprint density at radius 2 is 0.552 bits per heavy atom. The molecular weight excluding hydrogens is 1770 g/mol. The molecule has 7 N–H and O–H groups in total. The second-order valence-electron chi connectivity index (χ2n) is 25.6. The van der Waals surface area contributed by atoms with Gasteiger partial charge in [-0.25, -0.2) is 39.5 Å². The van der Waals surface area contributed by atoms with Gasteiger partial charge in [-0.3, -0.25) is 63.8 Å². The number of benzene rings is 6. The molecule has 612 valence electrons. The summed E-state index contributed by atoms with van der Waals surface area (Å²) in [6, 6.07) is 80.6. The molecule has 11 heterocycles. The van der Waals surface area contributed by atoms with Gasteiger partial charge in [-0.1, -0.05) is 121 Å². The first-order valence-corrected chi connectivity index (χ1v) is 36.4. The molecule has 17 aromatic rings. The molecule has 2 radical (unpaired) electrons. The van der Waals surface area contributed by atoms with Gasteiger partial charge in [0.2, 0.25) is 11.6 Å². The number of rotatable bonds is 8. The molecule has 0 atom stereocenters. The maximum atomic E-state index is 12.3. The fraction of sp³-hybridized carbons (Fsp3) is 0.0215. The van der Waals surface area contributed by atoms with Gasteiger partial charge in [-0.2, -0.15) is 5.71 Å². The number of pyridine rings is 8. The van der Waals surface area contributed by atoms with Crippen LogP contribution < -0.4 is 29.6 Å². The van der Waals surface area contributed by atoms with Gasteiger partial charge < -0.3 is 43.5 Å². The second kappa shape index (κ2) is 45.2. The van der Waals surface area contributed by atoms with Crippen LogP contribution >= 0.6 is 0 Å². The number of esters is 1. The standard InChI is InChI=1S/2C18H10N2O4.C17H8N4O2.4C10H8N2.2H2N.Na.H2O.2Rh/c1-24-18(23)9-6-7-12-13(8-9)20-14-10-4-2-3-5-11(10)16(21)17(22)15(14)19-12;21-8-14(22)9-5-6-12-13(7-9)20-16-15(19-12)10-3-1-2-4-11(10)17(23)18(16)24;18-13-9-3-1-2-4-10(9)15-16(14(13)19)21-12-7-8(17(22)23)5-6-11(12)20-15;4*1-3-7-11-9(5-1)10-6-2-4-8-12-10;;;;;;/h2-8H,1H3;1-7,21H,8H2;1-7H,(H,22,23);4*1-8H;2*1H2;;1H2;;/q;;-2;;;;;2*-1;+1;;2*+2/p-1. The first kappa shape index (κ1) is 95.7. The molecule has 0 saturated heterocycles. The Kier molecular flexibility index (Phi) is 34.6. The summed E-state index contributed by atoms with van der Waals surface area (Å²) in [5, 5.41) is 38.4. The van der Waals surface area contributed by atoms with Gasteiger partial charge in [0.1, 0.15) is 29.4 Å². The molecule has 6 aromatic carbocycles. The summed E-state index contributed by atoms with van der Waals surface area (Å²) in [6.07, 6.45) is 14.1. The Balaban J connectivity index is 0.000000183. The molecule has 0 aliphatic heterocycles. The van der Waals surface area contributed by atoms with Gasteiger partial charge in [0.25, 0.3) is 11.6 Å². The first-order chi connectivity index (χ1) is 58.1. The third kappa shape index (κ3) is 22.3. The van der Waals surface area contributed by atoms with Crippen molar-refractivity contribution in [1.29, 1.82) is 0 Å². The maximum absolute atomic E-state index is 12.3. The number of carboxylic acids is 1. The molecule has 3 aliphatic carbocycles. The van der Waals surface area contributed by atoms with Crippen molar-refractivity contribution in [3.63, 3.8) is 0 Å². The summed E-state index contributed by atoms with van der Waals surface area (Å²) in [4.78, 5) is 143. The molecule has 0 bridgehead atoms. The Morgan fingerprint density at radius 1 is 0.304 bits per heavy atom. The summed E-state index contributed by atoms with van der Waals surface area (Å²) >= 11 is 0. The van der Waals surface area contributed by atoms with Crippen LogP contribution in [0.15, 0.2) is 323 Å². The van der Waals surface area contributed by atoms with E-state index < -0.39 is 47.5 Å². The number of nitrogens with zero attached hydrogens (tertiary/aromatic N) is 16. The molecule has 0 spiro atoms. The van der Waals surface area contributed by atoms with Gasteiger partial charge in [0, 0.05) is 83.0 Å². The third-order valence-corrected chi connectivity index (χ3v) is 18.1. The van der Waals surface area contributed by atoms with E-state index in [1.54, 1.807) is 153 Å². The van der Waals surface area contributed by atoms with E-state index in [9.17, 15) is 44.4 Å². The van der Waals surface area contributed by atoms with Crippen molar-refractivity contribution in [3.05, 3.63) is 396 Å². The number of hydrogen-bond acceptors (Lipinski definition) is 24. The number of aromatic nitrogens is 14. The summed E-state index contributed by atoms with van der Waals surface area (Å²) in [5.41, 5.74) is 14.2. The van der Waals surface area contributed by atoms with Crippen LogP contribution in [-0.4, -0.2) is 151 Å².